The van der Waals surface area contributed by atoms with Crippen molar-refractivity contribution in [1.82, 2.24) is 0 Å². The van der Waals surface area contributed by atoms with Crippen LogP contribution in [0.2, 0.25) is 0 Å². The molecule has 0 heterocycles. The zero-order valence-corrected chi connectivity index (χ0v) is 12.4. The molecule has 0 aliphatic heterocycles. The van der Waals surface area contributed by atoms with E-state index in [-0.39, 0.29) is 30.0 Å². The smallest absolute Gasteiger partial charge is 0.123 e. The minimum atomic E-state index is -0.245. The predicted octanol–water partition coefficient (Wildman–Crippen LogP) is 3.97. The highest BCUT2D eigenvalue weighted by molar-refractivity contribution is 5.85. The molecule has 0 unspecified atom stereocenters. The van der Waals surface area contributed by atoms with E-state index in [2.05, 4.69) is 0 Å². The molecule has 2 aromatic carbocycles. The molecule has 2 N–H and O–H groups in total. The van der Waals surface area contributed by atoms with Crippen molar-refractivity contribution in [1.29, 1.82) is 0 Å². The van der Waals surface area contributed by atoms with Crippen LogP contribution in [0.5, 0.6) is 0 Å². The zero-order valence-electron chi connectivity index (χ0n) is 11.6. The first-order valence-corrected chi connectivity index (χ1v) is 6.95. The maximum absolute atomic E-state index is 13.6. The van der Waals surface area contributed by atoms with E-state index in [9.17, 15) is 8.78 Å². The molecule has 0 saturated heterocycles. The number of halogens is 3. The zero-order chi connectivity index (χ0) is 14.1. The fourth-order valence-electron chi connectivity index (χ4n) is 3.15. The lowest BCUT2D eigenvalue weighted by Crippen LogP contribution is -2.11. The van der Waals surface area contributed by atoms with Gasteiger partial charge in [-0.3, -0.25) is 0 Å². The summed E-state index contributed by atoms with van der Waals surface area (Å²) in [6.45, 7) is 0.497. The second-order valence-corrected chi connectivity index (χ2v) is 5.32. The van der Waals surface area contributed by atoms with Crippen LogP contribution >= 0.6 is 12.4 Å². The molecule has 4 heteroatoms. The molecule has 21 heavy (non-hydrogen) atoms. The topological polar surface area (TPSA) is 26.0 Å². The number of benzene rings is 2. The van der Waals surface area contributed by atoms with Crippen molar-refractivity contribution in [3.05, 3.63) is 70.3 Å². The van der Waals surface area contributed by atoms with E-state index in [0.717, 1.165) is 35.1 Å². The van der Waals surface area contributed by atoms with Gasteiger partial charge in [-0.15, -0.1) is 12.4 Å². The normalized spacial score (nSPS) is 13.9. The third-order valence-corrected chi connectivity index (χ3v) is 4.09. The van der Waals surface area contributed by atoms with Gasteiger partial charge in [0.15, 0.2) is 0 Å². The monoisotopic (exact) mass is 309 g/mol. The molecular weight excluding hydrogens is 292 g/mol. The van der Waals surface area contributed by atoms with E-state index < -0.39 is 0 Å². The molecule has 0 amide bonds. The summed E-state index contributed by atoms with van der Waals surface area (Å²) in [6, 6.07) is 9.84. The fraction of sp³-hybridized carbons (Fsp3) is 0.294. The molecule has 0 fully saturated rings. The molecule has 0 bridgehead atoms. The second kappa shape index (κ2) is 6.54. The van der Waals surface area contributed by atoms with Crippen molar-refractivity contribution in [3.63, 3.8) is 0 Å². The van der Waals surface area contributed by atoms with Crippen molar-refractivity contribution in [2.75, 3.05) is 6.54 Å². The van der Waals surface area contributed by atoms with Crippen molar-refractivity contribution in [2.24, 2.45) is 5.73 Å². The SMILES string of the molecule is Cl.NCCC1c2cc(F)ccc2CCc2ccc(F)cc21. The highest BCUT2D eigenvalue weighted by Crippen LogP contribution is 2.36. The lowest BCUT2D eigenvalue weighted by atomic mass is 9.85. The number of hydrogen-bond donors (Lipinski definition) is 1. The van der Waals surface area contributed by atoms with Gasteiger partial charge < -0.3 is 5.73 Å². The summed E-state index contributed by atoms with van der Waals surface area (Å²) >= 11 is 0. The predicted molar refractivity (Wildman–Crippen MR) is 83.0 cm³/mol. The number of fused-ring (bicyclic) bond motifs is 2. The molecule has 0 aromatic heterocycles. The quantitative estimate of drug-likeness (QED) is 0.892. The Balaban J connectivity index is 0.00000161. The van der Waals surface area contributed by atoms with Crippen LogP contribution in [0.15, 0.2) is 36.4 Å². The van der Waals surface area contributed by atoms with E-state index in [1.165, 1.54) is 12.1 Å². The first-order chi connectivity index (χ1) is 9.69. The first kappa shape index (κ1) is 15.9. The highest BCUT2D eigenvalue weighted by atomic mass is 35.5. The van der Waals surface area contributed by atoms with E-state index >= 15 is 0 Å². The second-order valence-electron chi connectivity index (χ2n) is 5.32. The molecular formula is C17H18ClF2N. The van der Waals surface area contributed by atoms with Crippen LogP contribution in [0.25, 0.3) is 0 Å². The van der Waals surface area contributed by atoms with Crippen molar-refractivity contribution in [3.8, 4) is 0 Å². The standard InChI is InChI=1S/C17H17F2N.ClH/c18-13-5-3-11-1-2-12-4-6-14(19)10-17(12)15(7-8-20)16(11)9-13;/h3-6,9-10,15H,1-2,7-8,20H2;1H. The van der Waals surface area contributed by atoms with Gasteiger partial charge in [-0.2, -0.15) is 0 Å². The first-order valence-electron chi connectivity index (χ1n) is 6.95. The van der Waals surface area contributed by atoms with Gasteiger partial charge in [0.1, 0.15) is 11.6 Å². The van der Waals surface area contributed by atoms with E-state index in [4.69, 9.17) is 5.73 Å². The van der Waals surface area contributed by atoms with Crippen LogP contribution in [0.1, 0.15) is 34.6 Å². The third kappa shape index (κ3) is 3.09. The maximum atomic E-state index is 13.6. The van der Waals surface area contributed by atoms with Crippen molar-refractivity contribution >= 4 is 12.4 Å². The molecule has 2 aromatic rings. The van der Waals surface area contributed by atoms with Gasteiger partial charge in [0.05, 0.1) is 0 Å². The average molecular weight is 310 g/mol. The van der Waals surface area contributed by atoms with Gasteiger partial charge in [-0.25, -0.2) is 8.78 Å². The lowest BCUT2D eigenvalue weighted by molar-refractivity contribution is 0.613. The van der Waals surface area contributed by atoms with Crippen LogP contribution in [-0.4, -0.2) is 6.54 Å². The summed E-state index contributed by atoms with van der Waals surface area (Å²) in [6.07, 6.45) is 2.41. The van der Waals surface area contributed by atoms with Crippen LogP contribution in [0.4, 0.5) is 8.78 Å². The highest BCUT2D eigenvalue weighted by Gasteiger charge is 2.24. The summed E-state index contributed by atoms with van der Waals surface area (Å²) < 4.78 is 27.2. The Morgan fingerprint density at radius 1 is 0.905 bits per heavy atom. The Morgan fingerprint density at radius 2 is 1.38 bits per heavy atom. The molecule has 0 radical (unpaired) electrons. The third-order valence-electron chi connectivity index (χ3n) is 4.09. The minimum absolute atomic E-state index is 0. The van der Waals surface area contributed by atoms with E-state index in [1.54, 1.807) is 12.1 Å². The molecule has 0 saturated carbocycles. The van der Waals surface area contributed by atoms with Crippen molar-refractivity contribution < 1.29 is 8.78 Å². The molecule has 3 rings (SSSR count). The molecule has 112 valence electrons. The maximum Gasteiger partial charge on any atom is 0.123 e. The summed E-state index contributed by atoms with van der Waals surface area (Å²) in [5.74, 6) is -0.504. The van der Waals surface area contributed by atoms with Crippen LogP contribution < -0.4 is 5.73 Å². The number of hydrogen-bond acceptors (Lipinski definition) is 1. The Bertz CT molecular complexity index is 589. The van der Waals surface area contributed by atoms with Gasteiger partial charge in [-0.05, 0) is 72.3 Å². The van der Waals surface area contributed by atoms with Gasteiger partial charge in [0.25, 0.3) is 0 Å². The van der Waals surface area contributed by atoms with Crippen LogP contribution in [0, 0.1) is 11.6 Å². The van der Waals surface area contributed by atoms with Gasteiger partial charge in [0, 0.05) is 5.92 Å². The Hall–Kier alpha value is -1.45. The summed E-state index contributed by atoms with van der Waals surface area (Å²) in [7, 11) is 0. The van der Waals surface area contributed by atoms with Crippen LogP contribution in [0.3, 0.4) is 0 Å². The van der Waals surface area contributed by atoms with E-state index in [1.807, 2.05) is 12.1 Å². The largest absolute Gasteiger partial charge is 0.330 e. The van der Waals surface area contributed by atoms with Gasteiger partial charge >= 0.3 is 0 Å². The molecule has 1 aliphatic rings. The van der Waals surface area contributed by atoms with Gasteiger partial charge in [0.2, 0.25) is 0 Å². The molecule has 1 aliphatic carbocycles. The number of aryl methyl sites for hydroxylation is 2. The summed E-state index contributed by atoms with van der Waals surface area (Å²) in [4.78, 5) is 0. The van der Waals surface area contributed by atoms with Crippen LogP contribution in [-0.2, 0) is 12.8 Å². The average Bonchev–Trinajstić information content (AvgIpc) is 2.57. The number of nitrogens with two attached hydrogens (primary N) is 1. The van der Waals surface area contributed by atoms with Crippen molar-refractivity contribution in [2.45, 2.75) is 25.2 Å². The summed E-state index contributed by atoms with van der Waals surface area (Å²) in [5.41, 5.74) is 9.91. The molecule has 1 nitrogen and oxygen atoms in total. The lowest BCUT2D eigenvalue weighted by Gasteiger charge is -2.20. The molecule has 0 spiro atoms. The molecule has 0 atom stereocenters. The summed E-state index contributed by atoms with van der Waals surface area (Å²) in [5, 5.41) is 0. The minimum Gasteiger partial charge on any atom is -0.330 e. The van der Waals surface area contributed by atoms with Gasteiger partial charge in [-0.1, -0.05) is 12.1 Å². The Labute approximate surface area is 129 Å². The number of rotatable bonds is 2. The van der Waals surface area contributed by atoms with E-state index in [0.29, 0.717) is 13.0 Å². The Kier molecular flexibility index (Phi) is 4.96. The fourth-order valence-corrected chi connectivity index (χ4v) is 3.15. The Morgan fingerprint density at radius 3 is 1.81 bits per heavy atom.